The first-order valence-electron chi connectivity index (χ1n) is 11.2. The molecule has 5 rings (SSSR count). The fourth-order valence-corrected chi connectivity index (χ4v) is 4.21. The van der Waals surface area contributed by atoms with Crippen LogP contribution < -0.4 is 15.4 Å². The lowest BCUT2D eigenvalue weighted by atomic mass is 10.1. The third-order valence-electron chi connectivity index (χ3n) is 5.40. The van der Waals surface area contributed by atoms with Crippen LogP contribution in [0.15, 0.2) is 95.6 Å². The second kappa shape index (κ2) is 10.8. The number of rotatable bonds is 8. The molecule has 180 valence electrons. The van der Waals surface area contributed by atoms with Gasteiger partial charge in [-0.15, -0.1) is 0 Å². The van der Waals surface area contributed by atoms with Crippen LogP contribution in [0.5, 0.6) is 5.75 Å². The van der Waals surface area contributed by atoms with Gasteiger partial charge in [-0.1, -0.05) is 60.1 Å². The van der Waals surface area contributed by atoms with Crippen molar-refractivity contribution in [1.29, 1.82) is 0 Å². The Kier molecular flexibility index (Phi) is 7.16. The van der Waals surface area contributed by atoms with Crippen LogP contribution in [-0.4, -0.2) is 27.1 Å². The highest BCUT2D eigenvalue weighted by Gasteiger charge is 2.13. The van der Waals surface area contributed by atoms with Gasteiger partial charge in [0, 0.05) is 28.9 Å². The van der Waals surface area contributed by atoms with Gasteiger partial charge in [0.25, 0.3) is 5.91 Å². The number of carbonyl (C=O) groups is 1. The van der Waals surface area contributed by atoms with Gasteiger partial charge in [-0.3, -0.25) is 4.79 Å². The van der Waals surface area contributed by atoms with Gasteiger partial charge in [-0.05, 0) is 51.8 Å². The van der Waals surface area contributed by atoms with Gasteiger partial charge < -0.3 is 15.4 Å². The maximum Gasteiger partial charge on any atom is 0.262 e. The van der Waals surface area contributed by atoms with Gasteiger partial charge in [0.15, 0.2) is 12.3 Å². The molecule has 0 saturated heterocycles. The zero-order valence-electron chi connectivity index (χ0n) is 19.0. The van der Waals surface area contributed by atoms with Crippen molar-refractivity contribution >= 4 is 50.6 Å². The van der Waals surface area contributed by atoms with E-state index in [0.29, 0.717) is 28.7 Å². The number of amides is 1. The largest absolute Gasteiger partial charge is 0.484 e. The lowest BCUT2D eigenvalue weighted by Gasteiger charge is -2.12. The molecular weight excluding hydrogens is 542 g/mol. The Bertz CT molecular complexity index is 1510. The number of aromatic nitrogens is 3. The molecule has 2 heterocycles. The molecular formula is C27H21BrClN5O2. The number of fused-ring (bicyclic) bond motifs is 1. The van der Waals surface area contributed by atoms with Crippen LogP contribution in [0, 0.1) is 0 Å². The normalized spacial score (nSPS) is 10.8. The van der Waals surface area contributed by atoms with Crippen molar-refractivity contribution in [1.82, 2.24) is 14.6 Å². The molecule has 0 fully saturated rings. The van der Waals surface area contributed by atoms with Crippen molar-refractivity contribution in [2.24, 2.45) is 0 Å². The summed E-state index contributed by atoms with van der Waals surface area (Å²) in [6.07, 6.45) is 1.71. The molecule has 0 saturated carbocycles. The number of carbonyl (C=O) groups excluding carboxylic acids is 1. The van der Waals surface area contributed by atoms with Crippen molar-refractivity contribution in [3.05, 3.63) is 106 Å². The number of hydrogen-bond donors (Lipinski definition) is 2. The Labute approximate surface area is 221 Å². The number of halogens is 2. The van der Waals surface area contributed by atoms with E-state index in [1.165, 1.54) is 0 Å². The zero-order valence-corrected chi connectivity index (χ0v) is 21.3. The van der Waals surface area contributed by atoms with Gasteiger partial charge in [-0.25, -0.2) is 4.98 Å². The summed E-state index contributed by atoms with van der Waals surface area (Å²) in [5, 5.41) is 11.3. The lowest BCUT2D eigenvalue weighted by molar-refractivity contribution is -0.118. The van der Waals surface area contributed by atoms with Crippen LogP contribution in [0.4, 0.5) is 11.5 Å². The summed E-state index contributed by atoms with van der Waals surface area (Å²) in [6.45, 7) is 0.489. The van der Waals surface area contributed by atoms with Gasteiger partial charge in [0.05, 0.1) is 16.4 Å². The topological polar surface area (TPSA) is 80.5 Å². The zero-order chi connectivity index (χ0) is 24.9. The molecule has 9 heteroatoms. The highest BCUT2D eigenvalue weighted by molar-refractivity contribution is 9.10. The minimum Gasteiger partial charge on any atom is -0.484 e. The smallest absolute Gasteiger partial charge is 0.262 e. The first-order valence-corrected chi connectivity index (χ1v) is 12.3. The maximum absolute atomic E-state index is 12.2. The summed E-state index contributed by atoms with van der Waals surface area (Å²) >= 11 is 9.94. The molecule has 0 atom stereocenters. The van der Waals surface area contributed by atoms with Crippen LogP contribution in [-0.2, 0) is 11.3 Å². The summed E-state index contributed by atoms with van der Waals surface area (Å²) < 4.78 is 8.02. The van der Waals surface area contributed by atoms with Crippen molar-refractivity contribution in [3.63, 3.8) is 0 Å². The Morgan fingerprint density at radius 1 is 1.00 bits per heavy atom. The molecule has 0 aliphatic carbocycles. The monoisotopic (exact) mass is 561 g/mol. The predicted molar refractivity (Wildman–Crippen MR) is 145 cm³/mol. The van der Waals surface area contributed by atoms with Crippen LogP contribution >= 0.6 is 27.5 Å². The van der Waals surface area contributed by atoms with Crippen LogP contribution in [0.3, 0.4) is 0 Å². The summed E-state index contributed by atoms with van der Waals surface area (Å²) in [6, 6.07) is 26.4. The average Bonchev–Trinajstić information content (AvgIpc) is 3.28. The molecule has 7 nitrogen and oxygen atoms in total. The molecule has 0 unspecified atom stereocenters. The number of nitrogens with one attached hydrogen (secondary N) is 2. The van der Waals surface area contributed by atoms with Gasteiger partial charge in [0.2, 0.25) is 0 Å². The second-order valence-electron chi connectivity index (χ2n) is 7.93. The number of anilines is 2. The first kappa shape index (κ1) is 23.8. The van der Waals surface area contributed by atoms with Crippen molar-refractivity contribution in [3.8, 4) is 17.0 Å². The Morgan fingerprint density at radius 2 is 1.75 bits per heavy atom. The van der Waals surface area contributed by atoms with Gasteiger partial charge in [-0.2, -0.15) is 9.61 Å². The van der Waals surface area contributed by atoms with E-state index in [1.54, 1.807) is 10.7 Å². The predicted octanol–water partition coefficient (Wildman–Crippen LogP) is 6.44. The molecule has 0 aliphatic heterocycles. The van der Waals surface area contributed by atoms with E-state index < -0.39 is 0 Å². The molecule has 0 spiro atoms. The maximum atomic E-state index is 12.2. The first-order chi connectivity index (χ1) is 17.6. The van der Waals surface area contributed by atoms with E-state index in [1.807, 2.05) is 84.9 Å². The average molecular weight is 563 g/mol. The molecule has 1 amide bonds. The fourth-order valence-electron chi connectivity index (χ4n) is 3.63. The molecule has 2 N–H and O–H groups in total. The lowest BCUT2D eigenvalue weighted by Crippen LogP contribution is -2.20. The molecule has 5 aromatic rings. The van der Waals surface area contributed by atoms with Crippen molar-refractivity contribution < 1.29 is 9.53 Å². The molecule has 0 radical (unpaired) electrons. The summed E-state index contributed by atoms with van der Waals surface area (Å²) in [7, 11) is 0. The molecule has 3 aromatic carbocycles. The van der Waals surface area contributed by atoms with E-state index >= 15 is 0 Å². The van der Waals surface area contributed by atoms with Crippen LogP contribution in [0.25, 0.3) is 16.9 Å². The van der Waals surface area contributed by atoms with Crippen LogP contribution in [0.1, 0.15) is 5.56 Å². The van der Waals surface area contributed by atoms with Crippen molar-refractivity contribution in [2.75, 3.05) is 17.2 Å². The Balaban J connectivity index is 1.26. The highest BCUT2D eigenvalue weighted by atomic mass is 79.9. The fraction of sp³-hybridized carbons (Fsp3) is 0.0741. The van der Waals surface area contributed by atoms with E-state index in [9.17, 15) is 4.79 Å². The number of hydrogen-bond acceptors (Lipinski definition) is 5. The summed E-state index contributed by atoms with van der Waals surface area (Å²) in [4.78, 5) is 16.9. The van der Waals surface area contributed by atoms with E-state index in [4.69, 9.17) is 21.3 Å². The number of para-hydroxylation sites is 1. The van der Waals surface area contributed by atoms with E-state index in [0.717, 1.165) is 27.1 Å². The van der Waals surface area contributed by atoms with Gasteiger partial charge in [0.1, 0.15) is 11.6 Å². The van der Waals surface area contributed by atoms with Crippen LogP contribution in [0.2, 0.25) is 5.02 Å². The standard InChI is InChI=1S/C27H21BrClN5O2/c28-22-16-31-34-25(14-24(33-27(22)34)21-8-4-5-9-23(21)29)30-15-18-10-12-19(13-11-18)32-26(35)17-36-20-6-2-1-3-7-20/h1-14,16,30H,15,17H2,(H,32,35). The minimum atomic E-state index is -0.222. The van der Waals surface area contributed by atoms with Gasteiger partial charge >= 0.3 is 0 Å². The molecule has 0 bridgehead atoms. The number of benzene rings is 3. The minimum absolute atomic E-state index is 0.0570. The van der Waals surface area contributed by atoms with E-state index in [-0.39, 0.29) is 12.5 Å². The second-order valence-corrected chi connectivity index (χ2v) is 9.20. The third kappa shape index (κ3) is 5.50. The SMILES string of the molecule is O=C(COc1ccccc1)Nc1ccc(CNc2cc(-c3ccccc3Cl)nc3c(Br)cnn23)cc1. The molecule has 36 heavy (non-hydrogen) atoms. The summed E-state index contributed by atoms with van der Waals surface area (Å²) in [5.74, 6) is 1.21. The third-order valence-corrected chi connectivity index (χ3v) is 6.29. The Morgan fingerprint density at radius 3 is 2.53 bits per heavy atom. The molecule has 0 aliphatic rings. The summed E-state index contributed by atoms with van der Waals surface area (Å²) in [5.41, 5.74) is 4.00. The number of ether oxygens (including phenoxy) is 1. The quantitative estimate of drug-likeness (QED) is 0.227. The van der Waals surface area contributed by atoms with E-state index in [2.05, 4.69) is 31.7 Å². The number of nitrogens with zero attached hydrogens (tertiary/aromatic N) is 3. The Hall–Kier alpha value is -3.88. The van der Waals surface area contributed by atoms with Crippen molar-refractivity contribution in [2.45, 2.75) is 6.54 Å². The molecule has 2 aromatic heterocycles. The highest BCUT2D eigenvalue weighted by Crippen LogP contribution is 2.30.